The van der Waals surface area contributed by atoms with Crippen molar-refractivity contribution in [3.8, 4) is 0 Å². The lowest BCUT2D eigenvalue weighted by atomic mass is 9.93. The highest BCUT2D eigenvalue weighted by Gasteiger charge is 2.26. The van der Waals surface area contributed by atoms with Crippen LogP contribution in [0, 0.1) is 0 Å². The van der Waals surface area contributed by atoms with Crippen molar-refractivity contribution in [2.75, 3.05) is 40.1 Å². The molecule has 2 fully saturated rings. The predicted octanol–water partition coefficient (Wildman–Crippen LogP) is 2.32. The summed E-state index contributed by atoms with van der Waals surface area (Å²) in [5.74, 6) is 3.20. The zero-order chi connectivity index (χ0) is 22.6. The van der Waals surface area contributed by atoms with Crippen molar-refractivity contribution in [3.63, 3.8) is 0 Å². The number of anilines is 3. The van der Waals surface area contributed by atoms with E-state index in [2.05, 4.69) is 37.6 Å². The lowest BCUT2D eigenvalue weighted by Crippen LogP contribution is -2.41. The minimum atomic E-state index is -0.781. The SMILES string of the molecule is [O-][S+]1CCN(c2nc(NC3CCC(O)CC3)nc3c(NCc4ccccc4)ncnc23)CC1. The van der Waals surface area contributed by atoms with Gasteiger partial charge in [0.05, 0.1) is 19.2 Å². The Morgan fingerprint density at radius 3 is 2.52 bits per heavy atom. The third kappa shape index (κ3) is 5.29. The topological polar surface area (TPSA) is 122 Å². The minimum Gasteiger partial charge on any atom is -0.616 e. The second kappa shape index (κ2) is 10.1. The molecule has 0 amide bonds. The van der Waals surface area contributed by atoms with Gasteiger partial charge in [0.15, 0.2) is 11.6 Å². The van der Waals surface area contributed by atoms with Gasteiger partial charge in [0.25, 0.3) is 0 Å². The molecule has 2 aliphatic rings. The normalized spacial score (nSPS) is 21.8. The number of hydrogen-bond acceptors (Lipinski definition) is 9. The summed E-state index contributed by atoms with van der Waals surface area (Å²) in [6, 6.07) is 10.4. The Bertz CT molecular complexity index is 1070. The molecule has 1 saturated carbocycles. The molecule has 1 aromatic carbocycles. The van der Waals surface area contributed by atoms with Gasteiger partial charge >= 0.3 is 0 Å². The fourth-order valence-corrected chi connectivity index (χ4v) is 5.43. The minimum absolute atomic E-state index is 0.215. The molecule has 1 saturated heterocycles. The van der Waals surface area contributed by atoms with Gasteiger partial charge in [-0.1, -0.05) is 41.5 Å². The molecule has 0 atom stereocenters. The highest BCUT2D eigenvalue weighted by atomic mass is 32.2. The molecule has 0 radical (unpaired) electrons. The summed E-state index contributed by atoms with van der Waals surface area (Å²) >= 11 is -0.781. The summed E-state index contributed by atoms with van der Waals surface area (Å²) in [7, 11) is 0. The molecule has 0 spiro atoms. The largest absolute Gasteiger partial charge is 0.616 e. The van der Waals surface area contributed by atoms with Gasteiger partial charge in [-0.05, 0) is 31.2 Å². The maximum absolute atomic E-state index is 11.9. The van der Waals surface area contributed by atoms with Crippen LogP contribution in [0.15, 0.2) is 36.7 Å². The monoisotopic (exact) mass is 467 g/mol. The van der Waals surface area contributed by atoms with Gasteiger partial charge < -0.3 is 25.2 Å². The number of nitrogens with one attached hydrogen (secondary N) is 2. The first-order valence-corrected chi connectivity index (χ1v) is 13.0. The smallest absolute Gasteiger partial charge is 0.225 e. The van der Waals surface area contributed by atoms with Gasteiger partial charge in [0.2, 0.25) is 5.95 Å². The van der Waals surface area contributed by atoms with Crippen molar-refractivity contribution in [3.05, 3.63) is 42.2 Å². The first kappa shape index (κ1) is 22.1. The first-order valence-electron chi connectivity index (χ1n) is 11.5. The molecule has 10 heteroatoms. The fourth-order valence-electron chi connectivity index (χ4n) is 4.38. The van der Waals surface area contributed by atoms with Gasteiger partial charge in [-0.2, -0.15) is 4.98 Å². The second-order valence-corrected chi connectivity index (χ2v) is 10.3. The van der Waals surface area contributed by atoms with E-state index in [4.69, 9.17) is 9.97 Å². The van der Waals surface area contributed by atoms with Crippen LogP contribution in [0.2, 0.25) is 0 Å². The van der Waals surface area contributed by atoms with E-state index >= 15 is 0 Å². The van der Waals surface area contributed by atoms with Gasteiger partial charge in [-0.3, -0.25) is 0 Å². The summed E-state index contributed by atoms with van der Waals surface area (Å²) in [5, 5.41) is 16.7. The molecule has 0 bridgehead atoms. The van der Waals surface area contributed by atoms with Crippen LogP contribution < -0.4 is 15.5 Å². The van der Waals surface area contributed by atoms with Crippen LogP contribution in [0.1, 0.15) is 31.2 Å². The fraction of sp³-hybridized carbons (Fsp3) is 0.478. The number of aromatic nitrogens is 4. The lowest BCUT2D eigenvalue weighted by molar-refractivity contribution is 0.126. The maximum Gasteiger partial charge on any atom is 0.225 e. The number of nitrogens with zero attached hydrogens (tertiary/aromatic N) is 5. The Hall–Kier alpha value is -2.69. The third-order valence-electron chi connectivity index (χ3n) is 6.27. The van der Waals surface area contributed by atoms with Crippen LogP contribution in [0.25, 0.3) is 11.0 Å². The molecular weight excluding hydrogens is 438 g/mol. The van der Waals surface area contributed by atoms with E-state index in [9.17, 15) is 9.66 Å². The third-order valence-corrected chi connectivity index (χ3v) is 7.55. The van der Waals surface area contributed by atoms with Crippen LogP contribution in [0.4, 0.5) is 17.6 Å². The van der Waals surface area contributed by atoms with Crippen LogP contribution in [-0.2, 0) is 17.7 Å². The van der Waals surface area contributed by atoms with Crippen molar-refractivity contribution in [2.45, 2.75) is 44.4 Å². The summed E-state index contributed by atoms with van der Waals surface area (Å²) in [6.07, 6.45) is 4.65. The molecule has 9 nitrogen and oxygen atoms in total. The number of aliphatic hydroxyl groups is 1. The molecule has 5 rings (SSSR count). The summed E-state index contributed by atoms with van der Waals surface area (Å²) in [4.78, 5) is 20.8. The van der Waals surface area contributed by atoms with Crippen molar-refractivity contribution >= 4 is 39.8 Å². The summed E-state index contributed by atoms with van der Waals surface area (Å²) in [5.41, 5.74) is 2.51. The van der Waals surface area contributed by atoms with E-state index in [0.29, 0.717) is 53.9 Å². The first-order chi connectivity index (χ1) is 16.2. The zero-order valence-corrected chi connectivity index (χ0v) is 19.3. The van der Waals surface area contributed by atoms with Crippen molar-refractivity contribution in [2.24, 2.45) is 0 Å². The lowest BCUT2D eigenvalue weighted by Gasteiger charge is -2.30. The molecule has 2 aromatic heterocycles. The average Bonchev–Trinajstić information content (AvgIpc) is 2.85. The van der Waals surface area contributed by atoms with Gasteiger partial charge in [-0.15, -0.1) is 0 Å². The molecule has 174 valence electrons. The molecule has 3 N–H and O–H groups in total. The maximum atomic E-state index is 11.9. The Balaban J connectivity index is 1.48. The van der Waals surface area contributed by atoms with Crippen molar-refractivity contribution in [1.29, 1.82) is 0 Å². The molecular formula is C23H29N7O2S. The van der Waals surface area contributed by atoms with E-state index < -0.39 is 11.2 Å². The molecule has 1 aliphatic carbocycles. The predicted molar refractivity (Wildman–Crippen MR) is 131 cm³/mol. The van der Waals surface area contributed by atoms with E-state index in [1.807, 2.05) is 18.2 Å². The van der Waals surface area contributed by atoms with Crippen LogP contribution in [0.3, 0.4) is 0 Å². The molecule has 3 aromatic rings. The molecule has 3 heterocycles. The standard InChI is InChI=1S/C23H29N7O2S/c31-18-8-6-17(7-9-18)27-23-28-19-20(22(29-23)30-10-12-33(32)13-11-30)25-15-26-21(19)24-14-16-4-2-1-3-5-16/h1-5,15,17-18,31H,6-14H2,(H,24,25,26)(H,27,28,29). The molecule has 33 heavy (non-hydrogen) atoms. The van der Waals surface area contributed by atoms with E-state index in [-0.39, 0.29) is 12.1 Å². The average molecular weight is 468 g/mol. The van der Waals surface area contributed by atoms with Crippen LogP contribution in [-0.4, -0.2) is 66.3 Å². The van der Waals surface area contributed by atoms with Crippen molar-refractivity contribution < 1.29 is 9.66 Å². The van der Waals surface area contributed by atoms with Gasteiger partial charge in [0, 0.05) is 12.6 Å². The number of hydrogen-bond donors (Lipinski definition) is 3. The Morgan fingerprint density at radius 1 is 1.00 bits per heavy atom. The highest BCUT2D eigenvalue weighted by Crippen LogP contribution is 2.30. The van der Waals surface area contributed by atoms with Crippen LogP contribution >= 0.6 is 0 Å². The number of benzene rings is 1. The highest BCUT2D eigenvalue weighted by molar-refractivity contribution is 7.91. The van der Waals surface area contributed by atoms with Crippen LogP contribution in [0.5, 0.6) is 0 Å². The summed E-state index contributed by atoms with van der Waals surface area (Å²) in [6.45, 7) is 1.97. The Kier molecular flexibility index (Phi) is 6.75. The van der Waals surface area contributed by atoms with Crippen molar-refractivity contribution in [1.82, 2.24) is 19.9 Å². The van der Waals surface area contributed by atoms with E-state index in [1.165, 1.54) is 0 Å². The number of fused-ring (bicyclic) bond motifs is 1. The second-order valence-electron chi connectivity index (χ2n) is 8.61. The zero-order valence-electron chi connectivity index (χ0n) is 18.5. The van der Waals surface area contributed by atoms with Gasteiger partial charge in [0.1, 0.15) is 28.9 Å². The molecule has 1 aliphatic heterocycles. The van der Waals surface area contributed by atoms with E-state index in [1.54, 1.807) is 6.33 Å². The summed E-state index contributed by atoms with van der Waals surface area (Å²) < 4.78 is 11.9. The van der Waals surface area contributed by atoms with E-state index in [0.717, 1.165) is 37.1 Å². The quantitative estimate of drug-likeness (QED) is 0.469. The molecule has 0 unspecified atom stereocenters. The number of aliphatic hydroxyl groups excluding tert-OH is 1. The Morgan fingerprint density at radius 2 is 1.76 bits per heavy atom. The Labute approximate surface area is 196 Å². The van der Waals surface area contributed by atoms with Gasteiger partial charge in [-0.25, -0.2) is 15.0 Å². The number of rotatable bonds is 6.